The van der Waals surface area contributed by atoms with E-state index in [9.17, 15) is 4.79 Å². The van der Waals surface area contributed by atoms with E-state index in [0.717, 1.165) is 25.1 Å². The molecule has 2 heterocycles. The summed E-state index contributed by atoms with van der Waals surface area (Å²) in [5.74, 6) is 1.15. The number of halogens is 1. The molecule has 4 nitrogen and oxygen atoms in total. The van der Waals surface area contributed by atoms with Gasteiger partial charge in [-0.3, -0.25) is 0 Å². The Labute approximate surface area is 101 Å². The van der Waals surface area contributed by atoms with Gasteiger partial charge in [-0.2, -0.15) is 0 Å². The molecule has 0 N–H and O–H groups in total. The van der Waals surface area contributed by atoms with Crippen molar-refractivity contribution in [2.75, 3.05) is 0 Å². The monoisotopic (exact) mass is 309 g/mol. The first-order valence-corrected chi connectivity index (χ1v) is 4.68. The summed E-state index contributed by atoms with van der Waals surface area (Å²) in [4.78, 5) is 9.17. The van der Waals surface area contributed by atoms with Crippen LogP contribution < -0.4 is 0 Å². The Morgan fingerprint density at radius 1 is 1.57 bits per heavy atom. The fourth-order valence-electron chi connectivity index (χ4n) is 1.22. The summed E-state index contributed by atoms with van der Waals surface area (Å²) < 4.78 is 2.13. The summed E-state index contributed by atoms with van der Waals surface area (Å²) in [6.45, 7) is 2.93. The lowest BCUT2D eigenvalue weighted by atomic mass is 10.2. The van der Waals surface area contributed by atoms with Crippen LogP contribution in [-0.4, -0.2) is 21.1 Å². The zero-order chi connectivity index (χ0) is 9.52. The van der Waals surface area contributed by atoms with E-state index in [2.05, 4.69) is 14.8 Å². The molecule has 14 heavy (non-hydrogen) atoms. The first-order valence-electron chi connectivity index (χ1n) is 4.68. The number of carbonyl (C=O) groups is 1. The third-order valence-electron chi connectivity index (χ3n) is 1.91. The lowest BCUT2D eigenvalue weighted by molar-refractivity contribution is -0.107. The molecule has 0 saturated heterocycles. The number of aldehydes is 1. The van der Waals surface area contributed by atoms with Crippen molar-refractivity contribution in [2.45, 2.75) is 39.2 Å². The van der Waals surface area contributed by atoms with Crippen LogP contribution in [0.1, 0.15) is 32.0 Å². The van der Waals surface area contributed by atoms with Crippen molar-refractivity contribution in [3.05, 3.63) is 12.2 Å². The van der Waals surface area contributed by atoms with Crippen LogP contribution in [0.25, 0.3) is 0 Å². The van der Waals surface area contributed by atoms with Gasteiger partial charge in [-0.15, -0.1) is 34.2 Å². The third-order valence-corrected chi connectivity index (χ3v) is 1.91. The Hall–Kier alpha value is -0.460. The predicted octanol–water partition coefficient (Wildman–Crippen LogP) is 1.83. The van der Waals surface area contributed by atoms with Gasteiger partial charge in [0.15, 0.2) is 0 Å². The number of rotatable bonds is 1. The minimum absolute atomic E-state index is 0. The van der Waals surface area contributed by atoms with Gasteiger partial charge in [0.2, 0.25) is 0 Å². The summed E-state index contributed by atoms with van der Waals surface area (Å²) >= 11 is 0. The maximum Gasteiger partial charge on any atom is 0.132 e. The third kappa shape index (κ3) is 4.17. The highest BCUT2D eigenvalue weighted by Crippen LogP contribution is 2.09. The molecule has 5 heteroatoms. The first kappa shape index (κ1) is 13.5. The van der Waals surface area contributed by atoms with E-state index in [1.165, 1.54) is 12.8 Å². The highest BCUT2D eigenvalue weighted by molar-refractivity contribution is 14.0. The first-order chi connectivity index (χ1) is 6.38. The quantitative estimate of drug-likeness (QED) is 0.587. The molecule has 2 rings (SSSR count). The SMILES string of the molecule is CCC=O.I.c1nnc2n1CCCC2. The van der Waals surface area contributed by atoms with Crippen molar-refractivity contribution in [2.24, 2.45) is 0 Å². The van der Waals surface area contributed by atoms with Crippen molar-refractivity contribution >= 4 is 30.3 Å². The maximum absolute atomic E-state index is 9.17. The van der Waals surface area contributed by atoms with Crippen molar-refractivity contribution in [1.82, 2.24) is 14.8 Å². The summed E-state index contributed by atoms with van der Waals surface area (Å²) in [5, 5.41) is 7.79. The number of nitrogens with zero attached hydrogens (tertiary/aromatic N) is 3. The molecule has 1 aromatic heterocycles. The Bertz CT molecular complexity index is 242. The van der Waals surface area contributed by atoms with Crippen LogP contribution in [0.3, 0.4) is 0 Å². The van der Waals surface area contributed by atoms with Gasteiger partial charge >= 0.3 is 0 Å². The molecular formula is C9H16IN3O. The van der Waals surface area contributed by atoms with Gasteiger partial charge in [0, 0.05) is 19.4 Å². The largest absolute Gasteiger partial charge is 0.318 e. The Morgan fingerprint density at radius 3 is 2.86 bits per heavy atom. The summed E-state index contributed by atoms with van der Waals surface area (Å²) in [7, 11) is 0. The van der Waals surface area contributed by atoms with E-state index in [0.29, 0.717) is 6.42 Å². The molecule has 0 radical (unpaired) electrons. The number of aryl methyl sites for hydroxylation is 2. The second-order valence-corrected chi connectivity index (χ2v) is 2.97. The molecule has 1 aliphatic rings. The van der Waals surface area contributed by atoms with E-state index in [1.807, 2.05) is 13.3 Å². The van der Waals surface area contributed by atoms with Gasteiger partial charge in [-0.1, -0.05) is 6.92 Å². The molecule has 80 valence electrons. The molecule has 0 unspecified atom stereocenters. The molecule has 0 saturated carbocycles. The zero-order valence-electron chi connectivity index (χ0n) is 8.35. The van der Waals surface area contributed by atoms with E-state index in [1.54, 1.807) is 0 Å². The van der Waals surface area contributed by atoms with Crippen LogP contribution >= 0.6 is 24.0 Å². The number of carbonyl (C=O) groups excluding carboxylic acids is 1. The zero-order valence-corrected chi connectivity index (χ0v) is 10.7. The van der Waals surface area contributed by atoms with Crippen LogP contribution in [0.2, 0.25) is 0 Å². The van der Waals surface area contributed by atoms with Gasteiger partial charge in [-0.25, -0.2) is 0 Å². The lowest BCUT2D eigenvalue weighted by Gasteiger charge is -2.10. The minimum Gasteiger partial charge on any atom is -0.318 e. The molecule has 0 amide bonds. The van der Waals surface area contributed by atoms with Crippen molar-refractivity contribution in [1.29, 1.82) is 0 Å². The topological polar surface area (TPSA) is 47.8 Å². The predicted molar refractivity (Wildman–Crippen MR) is 64.7 cm³/mol. The minimum atomic E-state index is 0. The molecular weight excluding hydrogens is 293 g/mol. The highest BCUT2D eigenvalue weighted by atomic mass is 127. The molecule has 0 aromatic carbocycles. The van der Waals surface area contributed by atoms with Gasteiger partial charge < -0.3 is 9.36 Å². The summed E-state index contributed by atoms with van der Waals surface area (Å²) in [5.41, 5.74) is 0. The number of hydrogen-bond donors (Lipinski definition) is 0. The average Bonchev–Trinajstić information content (AvgIpc) is 2.66. The molecule has 1 aromatic rings. The Morgan fingerprint density at radius 2 is 2.29 bits per heavy atom. The fraction of sp³-hybridized carbons (Fsp3) is 0.667. The van der Waals surface area contributed by atoms with Gasteiger partial charge in [0.05, 0.1) is 0 Å². The summed E-state index contributed by atoms with van der Waals surface area (Å²) in [6, 6.07) is 0. The van der Waals surface area contributed by atoms with Crippen LogP contribution in [0.4, 0.5) is 0 Å². The van der Waals surface area contributed by atoms with E-state index in [4.69, 9.17) is 0 Å². The maximum atomic E-state index is 9.17. The van der Waals surface area contributed by atoms with E-state index < -0.39 is 0 Å². The second kappa shape index (κ2) is 7.90. The second-order valence-electron chi connectivity index (χ2n) is 2.97. The van der Waals surface area contributed by atoms with Gasteiger partial charge in [0.25, 0.3) is 0 Å². The molecule has 0 bridgehead atoms. The normalized spacial score (nSPS) is 12.9. The van der Waals surface area contributed by atoms with Gasteiger partial charge in [0.1, 0.15) is 18.4 Å². The van der Waals surface area contributed by atoms with Crippen LogP contribution in [0, 0.1) is 0 Å². The van der Waals surface area contributed by atoms with Crippen molar-refractivity contribution in [3.8, 4) is 0 Å². The van der Waals surface area contributed by atoms with Crippen LogP contribution in [0.5, 0.6) is 0 Å². The molecule has 0 aliphatic carbocycles. The number of aromatic nitrogens is 3. The van der Waals surface area contributed by atoms with Crippen LogP contribution in [0.15, 0.2) is 6.33 Å². The van der Waals surface area contributed by atoms with E-state index in [-0.39, 0.29) is 24.0 Å². The molecule has 0 atom stereocenters. The molecule has 0 fully saturated rings. The van der Waals surface area contributed by atoms with Crippen molar-refractivity contribution < 1.29 is 4.79 Å². The molecule has 1 aliphatic heterocycles. The average molecular weight is 309 g/mol. The Kier molecular flexibility index (Phi) is 7.64. The molecule has 0 spiro atoms. The highest BCUT2D eigenvalue weighted by Gasteiger charge is 2.07. The van der Waals surface area contributed by atoms with E-state index >= 15 is 0 Å². The van der Waals surface area contributed by atoms with Gasteiger partial charge in [-0.05, 0) is 12.8 Å². The lowest BCUT2D eigenvalue weighted by Crippen LogP contribution is -2.08. The number of fused-ring (bicyclic) bond motifs is 1. The summed E-state index contributed by atoms with van der Waals surface area (Å²) in [6.07, 6.45) is 7.00. The van der Waals surface area contributed by atoms with Crippen LogP contribution in [-0.2, 0) is 17.8 Å². The fourth-order valence-corrected chi connectivity index (χ4v) is 1.22. The van der Waals surface area contributed by atoms with Crippen molar-refractivity contribution in [3.63, 3.8) is 0 Å². The number of hydrogen-bond acceptors (Lipinski definition) is 3. The standard InChI is InChI=1S/C6H9N3.C3H6O.HI/c1-2-4-9-5-7-8-6(9)3-1;1-2-3-4;/h5H,1-4H2;3H,2H2,1H3;1H. The smallest absolute Gasteiger partial charge is 0.132 e. The Balaban J connectivity index is 0.000000299.